The van der Waals surface area contributed by atoms with E-state index in [-0.39, 0.29) is 18.4 Å². The van der Waals surface area contributed by atoms with Crippen LogP contribution in [-0.4, -0.2) is 39.1 Å². The highest BCUT2D eigenvalue weighted by Gasteiger charge is 2.23. The quantitative estimate of drug-likeness (QED) is 0.416. The van der Waals surface area contributed by atoms with Crippen LogP contribution in [-0.2, 0) is 16.1 Å². The maximum atomic E-state index is 12.7. The number of benzene rings is 1. The minimum absolute atomic E-state index is 0.214. The van der Waals surface area contributed by atoms with Crippen molar-refractivity contribution in [1.29, 1.82) is 0 Å². The monoisotopic (exact) mass is 404 g/mol. The molecule has 30 heavy (non-hydrogen) atoms. The van der Waals surface area contributed by atoms with Gasteiger partial charge in [0.1, 0.15) is 0 Å². The van der Waals surface area contributed by atoms with Gasteiger partial charge in [-0.15, -0.1) is 0 Å². The molecule has 0 fully saturated rings. The molecule has 8 heteroatoms. The number of imidazole rings is 1. The number of methoxy groups -OCH3 is 1. The summed E-state index contributed by atoms with van der Waals surface area (Å²) in [7, 11) is 1.59. The summed E-state index contributed by atoms with van der Waals surface area (Å²) in [6.45, 7) is 3.83. The van der Waals surface area contributed by atoms with Gasteiger partial charge in [-0.2, -0.15) is 0 Å². The van der Waals surface area contributed by atoms with Crippen LogP contribution in [0.15, 0.2) is 41.1 Å². The van der Waals surface area contributed by atoms with Crippen molar-refractivity contribution in [2.24, 2.45) is 0 Å². The highest BCUT2D eigenvalue weighted by molar-refractivity contribution is 6.20. The molecule has 2 N–H and O–H groups in total. The van der Waals surface area contributed by atoms with E-state index in [1.165, 1.54) is 0 Å². The Labute approximate surface area is 171 Å². The molecule has 0 aliphatic rings. The van der Waals surface area contributed by atoms with Crippen molar-refractivity contribution in [3.63, 3.8) is 0 Å². The summed E-state index contributed by atoms with van der Waals surface area (Å²) in [6.07, 6.45) is 3.01. The number of carbonyl (C=O) groups excluding carboxylic acids is 1. The van der Waals surface area contributed by atoms with E-state index in [9.17, 15) is 4.79 Å². The lowest BCUT2D eigenvalue weighted by atomic mass is 10.0. The van der Waals surface area contributed by atoms with Gasteiger partial charge in [0.05, 0.1) is 41.7 Å². The van der Waals surface area contributed by atoms with Gasteiger partial charge in [0, 0.05) is 29.0 Å². The van der Waals surface area contributed by atoms with Gasteiger partial charge < -0.3 is 23.9 Å². The Kier molecular flexibility index (Phi) is 4.29. The number of aromatic nitrogens is 4. The lowest BCUT2D eigenvalue weighted by Crippen LogP contribution is -2.15. The number of carbonyl (C=O) groups is 1. The van der Waals surface area contributed by atoms with Gasteiger partial charge in [0.15, 0.2) is 17.3 Å². The number of esters is 1. The second-order valence-corrected chi connectivity index (χ2v) is 7.33. The largest absolute Gasteiger partial charge is 0.461 e. The highest BCUT2D eigenvalue weighted by atomic mass is 16.5. The first kappa shape index (κ1) is 18.4. The Bertz CT molecular complexity index is 1380. The molecule has 0 atom stereocenters. The molecule has 0 bridgehead atoms. The minimum atomic E-state index is -0.473. The van der Waals surface area contributed by atoms with Crippen LogP contribution in [0, 0.1) is 0 Å². The Morgan fingerprint density at radius 1 is 1.13 bits per heavy atom. The van der Waals surface area contributed by atoms with E-state index in [4.69, 9.17) is 18.9 Å². The Balaban J connectivity index is 1.83. The van der Waals surface area contributed by atoms with Gasteiger partial charge in [-0.1, -0.05) is 0 Å². The minimum Gasteiger partial charge on any atom is -0.461 e. The second kappa shape index (κ2) is 7.00. The van der Waals surface area contributed by atoms with Crippen molar-refractivity contribution < 1.29 is 18.7 Å². The molecule has 0 aliphatic heterocycles. The van der Waals surface area contributed by atoms with E-state index >= 15 is 0 Å². The molecule has 0 aliphatic carbocycles. The molecule has 4 aromatic heterocycles. The van der Waals surface area contributed by atoms with Crippen LogP contribution in [0.5, 0.6) is 0 Å². The van der Waals surface area contributed by atoms with Crippen LogP contribution in [0.3, 0.4) is 0 Å². The SMILES string of the molecule is COCc1c(C(=O)OC(C)C)ncc2[nH]c3ccc4[nH]c(-c5ccco5)nc4c3c12. The zero-order valence-electron chi connectivity index (χ0n) is 16.8. The number of fused-ring (bicyclic) bond motifs is 5. The van der Waals surface area contributed by atoms with Crippen LogP contribution in [0.2, 0.25) is 0 Å². The summed E-state index contributed by atoms with van der Waals surface area (Å²) in [5.74, 6) is 0.816. The Morgan fingerprint density at radius 3 is 2.70 bits per heavy atom. The highest BCUT2D eigenvalue weighted by Crippen LogP contribution is 2.35. The van der Waals surface area contributed by atoms with Gasteiger partial charge in [0.2, 0.25) is 0 Å². The van der Waals surface area contributed by atoms with Gasteiger partial charge in [-0.05, 0) is 38.1 Å². The Hall–Kier alpha value is -3.65. The number of rotatable bonds is 5. The first-order valence-electron chi connectivity index (χ1n) is 9.62. The number of hydrogen-bond acceptors (Lipinski definition) is 6. The van der Waals surface area contributed by atoms with Crippen LogP contribution in [0.25, 0.3) is 44.4 Å². The van der Waals surface area contributed by atoms with Crippen molar-refractivity contribution in [1.82, 2.24) is 19.9 Å². The number of nitrogens with one attached hydrogen (secondary N) is 2. The molecular weight excluding hydrogens is 384 g/mol. The fourth-order valence-electron chi connectivity index (χ4n) is 3.77. The van der Waals surface area contributed by atoms with Crippen molar-refractivity contribution in [3.8, 4) is 11.6 Å². The molecule has 5 aromatic rings. The summed E-state index contributed by atoms with van der Waals surface area (Å²) >= 11 is 0. The first-order valence-corrected chi connectivity index (χ1v) is 9.62. The molecule has 152 valence electrons. The third-order valence-electron chi connectivity index (χ3n) is 4.93. The summed E-state index contributed by atoms with van der Waals surface area (Å²) in [4.78, 5) is 28.5. The average Bonchev–Trinajstić information content (AvgIpc) is 3.44. The van der Waals surface area contributed by atoms with Crippen LogP contribution >= 0.6 is 0 Å². The van der Waals surface area contributed by atoms with Crippen LogP contribution < -0.4 is 0 Å². The van der Waals surface area contributed by atoms with E-state index < -0.39 is 5.97 Å². The predicted octanol–water partition coefficient (Wildman–Crippen LogP) is 4.56. The number of hydrogen-bond donors (Lipinski definition) is 2. The number of nitrogens with zero attached hydrogens (tertiary/aromatic N) is 2. The van der Waals surface area contributed by atoms with Crippen molar-refractivity contribution >= 4 is 38.8 Å². The molecular formula is C22H20N4O4. The molecule has 0 saturated heterocycles. The normalized spacial score (nSPS) is 11.9. The fourth-order valence-corrected chi connectivity index (χ4v) is 3.77. The lowest BCUT2D eigenvalue weighted by Gasteiger charge is -2.12. The van der Waals surface area contributed by atoms with Crippen LogP contribution in [0.4, 0.5) is 0 Å². The molecule has 0 unspecified atom stereocenters. The predicted molar refractivity (Wildman–Crippen MR) is 112 cm³/mol. The van der Waals surface area contributed by atoms with Gasteiger partial charge >= 0.3 is 5.97 Å². The zero-order valence-corrected chi connectivity index (χ0v) is 16.8. The maximum Gasteiger partial charge on any atom is 0.357 e. The third-order valence-corrected chi connectivity index (χ3v) is 4.93. The van der Waals surface area contributed by atoms with Gasteiger partial charge in [-0.3, -0.25) is 0 Å². The second-order valence-electron chi connectivity index (χ2n) is 7.33. The summed E-state index contributed by atoms with van der Waals surface area (Å²) in [6, 6.07) is 7.61. The fraction of sp³-hybridized carbons (Fsp3) is 0.227. The van der Waals surface area contributed by atoms with E-state index in [0.717, 1.165) is 32.8 Å². The van der Waals surface area contributed by atoms with E-state index in [1.807, 2.05) is 38.1 Å². The number of H-pyrrole nitrogens is 2. The Morgan fingerprint density at radius 2 is 1.97 bits per heavy atom. The lowest BCUT2D eigenvalue weighted by molar-refractivity contribution is 0.0366. The number of pyridine rings is 1. The molecule has 0 saturated carbocycles. The maximum absolute atomic E-state index is 12.7. The molecule has 0 amide bonds. The number of ether oxygens (including phenoxy) is 2. The average molecular weight is 404 g/mol. The smallest absolute Gasteiger partial charge is 0.357 e. The van der Waals surface area contributed by atoms with E-state index in [1.54, 1.807) is 19.6 Å². The zero-order chi connectivity index (χ0) is 20.8. The molecule has 0 radical (unpaired) electrons. The van der Waals surface area contributed by atoms with Gasteiger partial charge in [-0.25, -0.2) is 14.8 Å². The van der Waals surface area contributed by atoms with E-state index in [2.05, 4.69) is 15.0 Å². The molecule has 1 aromatic carbocycles. The summed E-state index contributed by atoms with van der Waals surface area (Å²) < 4.78 is 16.3. The molecule has 8 nitrogen and oxygen atoms in total. The van der Waals surface area contributed by atoms with Gasteiger partial charge in [0.25, 0.3) is 0 Å². The first-order chi connectivity index (χ1) is 14.6. The van der Waals surface area contributed by atoms with Crippen molar-refractivity contribution in [2.45, 2.75) is 26.6 Å². The molecule has 5 rings (SSSR count). The third kappa shape index (κ3) is 2.84. The number of furan rings is 1. The van der Waals surface area contributed by atoms with Crippen LogP contribution in [0.1, 0.15) is 29.9 Å². The topological polar surface area (TPSA) is 106 Å². The van der Waals surface area contributed by atoms with Crippen molar-refractivity contribution in [3.05, 3.63) is 48.0 Å². The standard InChI is InChI=1S/C22H20N4O4/c1-11(2)30-22(27)19-12(10-28-3)17-15(9-23-19)24-13-6-7-14-20(18(13)17)26-21(25-14)16-5-4-8-29-16/h4-9,11,24H,10H2,1-3H3,(H,25,26). The number of aromatic amines is 2. The van der Waals surface area contributed by atoms with E-state index in [0.29, 0.717) is 17.1 Å². The molecule has 0 spiro atoms. The molecule has 4 heterocycles. The summed E-state index contributed by atoms with van der Waals surface area (Å²) in [5.41, 5.74) is 4.24. The van der Waals surface area contributed by atoms with Crippen molar-refractivity contribution in [2.75, 3.05) is 7.11 Å². The summed E-state index contributed by atoms with van der Waals surface area (Å²) in [5, 5.41) is 1.74.